The van der Waals surface area contributed by atoms with Gasteiger partial charge in [0.15, 0.2) is 0 Å². The third-order valence-electron chi connectivity index (χ3n) is 4.85. The van der Waals surface area contributed by atoms with Gasteiger partial charge in [0.2, 0.25) is 11.8 Å². The molecule has 0 radical (unpaired) electrons. The Bertz CT molecular complexity index is 896. The highest BCUT2D eigenvalue weighted by molar-refractivity contribution is 5.96. The number of nitrogens with two attached hydrogens (primary N) is 1. The van der Waals surface area contributed by atoms with Crippen LogP contribution in [0.1, 0.15) is 15.9 Å². The third kappa shape index (κ3) is 5.18. The van der Waals surface area contributed by atoms with Crippen LogP contribution in [0.4, 0.5) is 11.4 Å². The van der Waals surface area contributed by atoms with Gasteiger partial charge in [-0.25, -0.2) is 4.79 Å². The summed E-state index contributed by atoms with van der Waals surface area (Å²) in [5.41, 5.74) is 8.37. The molecule has 8 heteroatoms. The van der Waals surface area contributed by atoms with E-state index in [2.05, 4.69) is 5.32 Å². The van der Waals surface area contributed by atoms with Crippen molar-refractivity contribution in [2.45, 2.75) is 12.5 Å². The SMILES string of the molecule is CN1CCN(c2ccc(CC(N)C(=O)Nc3ccc(C(=O)O)cc3)cc2)C(=O)C1. The first-order valence-corrected chi connectivity index (χ1v) is 9.31. The molecule has 2 aromatic carbocycles. The lowest BCUT2D eigenvalue weighted by Crippen LogP contribution is -2.48. The fourth-order valence-electron chi connectivity index (χ4n) is 3.15. The Morgan fingerprint density at radius 3 is 2.34 bits per heavy atom. The van der Waals surface area contributed by atoms with E-state index in [1.165, 1.54) is 24.3 Å². The average Bonchev–Trinajstić information content (AvgIpc) is 2.69. The number of benzene rings is 2. The second-order valence-corrected chi connectivity index (χ2v) is 7.13. The number of aromatic carboxylic acids is 1. The highest BCUT2D eigenvalue weighted by atomic mass is 16.4. The van der Waals surface area contributed by atoms with E-state index < -0.39 is 12.0 Å². The maximum absolute atomic E-state index is 12.3. The zero-order valence-electron chi connectivity index (χ0n) is 16.2. The van der Waals surface area contributed by atoms with Gasteiger partial charge in [0, 0.05) is 24.5 Å². The van der Waals surface area contributed by atoms with E-state index in [1.54, 1.807) is 4.90 Å². The summed E-state index contributed by atoms with van der Waals surface area (Å²) in [5, 5.41) is 11.6. The van der Waals surface area contributed by atoms with Gasteiger partial charge in [0.25, 0.3) is 0 Å². The molecule has 1 saturated heterocycles. The van der Waals surface area contributed by atoms with Gasteiger partial charge in [-0.15, -0.1) is 0 Å². The van der Waals surface area contributed by atoms with Gasteiger partial charge in [0.05, 0.1) is 18.2 Å². The number of anilines is 2. The van der Waals surface area contributed by atoms with Gasteiger partial charge in [0.1, 0.15) is 0 Å². The summed E-state index contributed by atoms with van der Waals surface area (Å²) in [4.78, 5) is 39.1. The predicted molar refractivity (Wildman–Crippen MR) is 110 cm³/mol. The lowest BCUT2D eigenvalue weighted by atomic mass is 10.0. The van der Waals surface area contributed by atoms with Crippen LogP contribution in [0.15, 0.2) is 48.5 Å². The normalized spacial score (nSPS) is 15.8. The van der Waals surface area contributed by atoms with E-state index in [9.17, 15) is 14.4 Å². The van der Waals surface area contributed by atoms with Gasteiger partial charge in [-0.2, -0.15) is 0 Å². The van der Waals surface area contributed by atoms with Crippen molar-refractivity contribution >= 4 is 29.2 Å². The van der Waals surface area contributed by atoms with Crippen LogP contribution in [0.25, 0.3) is 0 Å². The Hall–Kier alpha value is -3.23. The number of rotatable bonds is 6. The molecular weight excluding hydrogens is 372 g/mol. The minimum absolute atomic E-state index is 0.0662. The Balaban J connectivity index is 1.57. The van der Waals surface area contributed by atoms with Crippen molar-refractivity contribution in [1.82, 2.24) is 4.90 Å². The Labute approximate surface area is 168 Å². The lowest BCUT2D eigenvalue weighted by molar-refractivity contribution is -0.121. The molecule has 152 valence electrons. The van der Waals surface area contributed by atoms with Gasteiger partial charge in [-0.3, -0.25) is 14.5 Å². The molecule has 1 heterocycles. The minimum atomic E-state index is -1.03. The van der Waals surface area contributed by atoms with Crippen LogP contribution in [0.3, 0.4) is 0 Å². The molecule has 2 amide bonds. The molecule has 29 heavy (non-hydrogen) atoms. The number of nitrogens with zero attached hydrogens (tertiary/aromatic N) is 2. The van der Waals surface area contributed by atoms with Gasteiger partial charge in [-0.1, -0.05) is 12.1 Å². The van der Waals surface area contributed by atoms with Crippen LogP contribution >= 0.6 is 0 Å². The smallest absolute Gasteiger partial charge is 0.335 e. The van der Waals surface area contributed by atoms with E-state index in [0.29, 0.717) is 25.2 Å². The van der Waals surface area contributed by atoms with Gasteiger partial charge in [-0.05, 0) is 55.4 Å². The van der Waals surface area contributed by atoms with Crippen molar-refractivity contribution in [2.24, 2.45) is 5.73 Å². The number of carbonyl (C=O) groups excluding carboxylic acids is 2. The summed E-state index contributed by atoms with van der Waals surface area (Å²) in [6.07, 6.45) is 0.343. The maximum atomic E-state index is 12.3. The van der Waals surface area contributed by atoms with E-state index >= 15 is 0 Å². The summed E-state index contributed by atoms with van der Waals surface area (Å²) in [7, 11) is 1.92. The molecule has 1 aliphatic rings. The van der Waals surface area contributed by atoms with Crippen molar-refractivity contribution in [3.8, 4) is 0 Å². The first kappa shape index (κ1) is 20.5. The molecule has 0 bridgehead atoms. The van der Waals surface area contributed by atoms with E-state index in [0.717, 1.165) is 17.8 Å². The Morgan fingerprint density at radius 2 is 1.76 bits per heavy atom. The van der Waals surface area contributed by atoms with Crippen molar-refractivity contribution in [2.75, 3.05) is 36.9 Å². The molecule has 0 saturated carbocycles. The molecule has 0 spiro atoms. The predicted octanol–water partition coefficient (Wildman–Crippen LogP) is 1.17. The first-order chi connectivity index (χ1) is 13.8. The fraction of sp³-hybridized carbons (Fsp3) is 0.286. The molecule has 0 aliphatic carbocycles. The van der Waals surface area contributed by atoms with Crippen molar-refractivity contribution in [3.63, 3.8) is 0 Å². The number of amides is 2. The quantitative estimate of drug-likeness (QED) is 0.675. The molecule has 1 aliphatic heterocycles. The summed E-state index contributed by atoms with van der Waals surface area (Å²) in [6.45, 7) is 1.88. The van der Waals surface area contributed by atoms with Crippen LogP contribution in [0.2, 0.25) is 0 Å². The fourth-order valence-corrected chi connectivity index (χ4v) is 3.15. The van der Waals surface area contributed by atoms with Gasteiger partial charge >= 0.3 is 5.97 Å². The highest BCUT2D eigenvalue weighted by Gasteiger charge is 2.23. The second-order valence-electron chi connectivity index (χ2n) is 7.13. The number of piperazine rings is 1. The maximum Gasteiger partial charge on any atom is 0.335 e. The Morgan fingerprint density at radius 1 is 1.10 bits per heavy atom. The summed E-state index contributed by atoms with van der Waals surface area (Å²) < 4.78 is 0. The number of likely N-dealkylation sites (N-methyl/N-ethyl adjacent to an activating group) is 1. The van der Waals surface area contributed by atoms with Crippen LogP contribution in [0, 0.1) is 0 Å². The standard InChI is InChI=1S/C21H24N4O4/c1-24-10-11-25(19(26)13-24)17-8-2-14(3-9-17)12-18(22)20(27)23-16-6-4-15(5-7-16)21(28)29/h2-9,18H,10-13,22H2,1H3,(H,23,27)(H,28,29). The van der Waals surface area contributed by atoms with Crippen LogP contribution < -0.4 is 16.0 Å². The molecule has 1 atom stereocenters. The first-order valence-electron chi connectivity index (χ1n) is 9.31. The summed E-state index contributed by atoms with van der Waals surface area (Å²) >= 11 is 0. The second kappa shape index (κ2) is 8.85. The van der Waals surface area contributed by atoms with E-state index in [4.69, 9.17) is 10.8 Å². The van der Waals surface area contributed by atoms with Crippen molar-refractivity contribution in [1.29, 1.82) is 0 Å². The monoisotopic (exact) mass is 396 g/mol. The largest absolute Gasteiger partial charge is 0.478 e. The number of hydrogen-bond acceptors (Lipinski definition) is 5. The summed E-state index contributed by atoms with van der Waals surface area (Å²) in [6, 6.07) is 12.6. The molecule has 3 rings (SSSR count). The number of carbonyl (C=O) groups is 3. The minimum Gasteiger partial charge on any atom is -0.478 e. The zero-order chi connectivity index (χ0) is 21.0. The van der Waals surface area contributed by atoms with Gasteiger partial charge < -0.3 is 21.1 Å². The molecule has 1 fully saturated rings. The molecule has 2 aromatic rings. The molecule has 0 aromatic heterocycles. The van der Waals surface area contributed by atoms with E-state index in [1.807, 2.05) is 36.2 Å². The third-order valence-corrected chi connectivity index (χ3v) is 4.85. The van der Waals surface area contributed by atoms with Crippen molar-refractivity contribution < 1.29 is 19.5 Å². The number of carboxylic acid groups (broad SMARTS) is 1. The molecular formula is C21H24N4O4. The number of carboxylic acids is 1. The average molecular weight is 396 g/mol. The van der Waals surface area contributed by atoms with Crippen LogP contribution in [-0.4, -0.2) is 60.5 Å². The lowest BCUT2D eigenvalue weighted by Gasteiger charge is -2.32. The van der Waals surface area contributed by atoms with Crippen molar-refractivity contribution in [3.05, 3.63) is 59.7 Å². The zero-order valence-corrected chi connectivity index (χ0v) is 16.2. The molecule has 1 unspecified atom stereocenters. The molecule has 8 nitrogen and oxygen atoms in total. The topological polar surface area (TPSA) is 116 Å². The van der Waals surface area contributed by atoms with Crippen LogP contribution in [-0.2, 0) is 16.0 Å². The van der Waals surface area contributed by atoms with Crippen LogP contribution in [0.5, 0.6) is 0 Å². The summed E-state index contributed by atoms with van der Waals surface area (Å²) in [5.74, 6) is -1.32. The number of hydrogen-bond donors (Lipinski definition) is 3. The van der Waals surface area contributed by atoms with E-state index in [-0.39, 0.29) is 17.4 Å². The highest BCUT2D eigenvalue weighted by Crippen LogP contribution is 2.19. The molecule has 4 N–H and O–H groups in total. The number of nitrogens with one attached hydrogen (secondary N) is 1. The Kier molecular flexibility index (Phi) is 6.26.